The molecule has 1 rings (SSSR count). The van der Waals surface area contributed by atoms with Crippen molar-refractivity contribution in [1.82, 2.24) is 0 Å². The van der Waals surface area contributed by atoms with E-state index in [-0.39, 0.29) is 17.5 Å². The van der Waals surface area contributed by atoms with Crippen LogP contribution in [-0.4, -0.2) is 32.7 Å². The summed E-state index contributed by atoms with van der Waals surface area (Å²) in [6.07, 6.45) is 0. The average molecular weight is 273 g/mol. The fourth-order valence-corrected chi connectivity index (χ4v) is 2.28. The summed E-state index contributed by atoms with van der Waals surface area (Å²) in [5, 5.41) is 14.1. The van der Waals surface area contributed by atoms with Crippen LogP contribution in [0.3, 0.4) is 0 Å². The summed E-state index contributed by atoms with van der Waals surface area (Å²) in [7, 11) is -3.75. The van der Waals surface area contributed by atoms with E-state index in [1.54, 1.807) is 6.07 Å². The number of aliphatic hydroxyl groups is 1. The molecule has 0 aromatic heterocycles. The number of nitrogens with zero attached hydrogens (tertiary/aromatic N) is 1. The molecule has 0 fully saturated rings. The Morgan fingerprint density at radius 2 is 2.00 bits per heavy atom. The predicted molar refractivity (Wildman–Crippen MR) is 71.8 cm³/mol. The molecule has 1 aromatic carbocycles. The molecule has 0 heterocycles. The number of rotatable bonds is 5. The van der Waals surface area contributed by atoms with Gasteiger partial charge in [-0.1, -0.05) is 0 Å². The molecule has 18 heavy (non-hydrogen) atoms. The van der Waals surface area contributed by atoms with Gasteiger partial charge in [0.1, 0.15) is 0 Å². The number of hydrogen-bond donors (Lipinski definition) is 3. The number of nitrogens with two attached hydrogens (primary N) is 2. The number of sulfonamides is 1. The van der Waals surface area contributed by atoms with Crippen LogP contribution >= 0.6 is 0 Å². The topological polar surface area (TPSA) is 110 Å². The highest BCUT2D eigenvalue weighted by atomic mass is 32.2. The van der Waals surface area contributed by atoms with Crippen LogP contribution in [0.2, 0.25) is 0 Å². The fourth-order valence-electron chi connectivity index (χ4n) is 1.74. The van der Waals surface area contributed by atoms with Gasteiger partial charge in [-0.3, -0.25) is 0 Å². The van der Waals surface area contributed by atoms with Gasteiger partial charge < -0.3 is 15.7 Å². The summed E-state index contributed by atoms with van der Waals surface area (Å²) in [6.45, 7) is 4.34. The van der Waals surface area contributed by atoms with E-state index < -0.39 is 10.0 Å². The standard InChI is InChI=1S/C11H19N3O3S/c1-8(2)14(5-6-15)11-4-3-9(7-10(11)12)18(13,16)17/h3-4,7-8,15H,5-6,12H2,1-2H3,(H2,13,16,17). The SMILES string of the molecule is CC(C)N(CCO)c1ccc(S(N)(=O)=O)cc1N. The molecular formula is C11H19N3O3S. The number of anilines is 2. The maximum absolute atomic E-state index is 11.2. The van der Waals surface area contributed by atoms with Gasteiger partial charge in [-0.15, -0.1) is 0 Å². The largest absolute Gasteiger partial charge is 0.397 e. The van der Waals surface area contributed by atoms with Crippen molar-refractivity contribution >= 4 is 21.4 Å². The normalized spacial score (nSPS) is 11.8. The molecule has 0 radical (unpaired) electrons. The average Bonchev–Trinajstić information content (AvgIpc) is 2.24. The first kappa shape index (κ1) is 14.7. The first-order valence-electron chi connectivity index (χ1n) is 5.57. The van der Waals surface area contributed by atoms with Crippen molar-refractivity contribution in [3.63, 3.8) is 0 Å². The zero-order valence-corrected chi connectivity index (χ0v) is 11.3. The summed E-state index contributed by atoms with van der Waals surface area (Å²) < 4.78 is 22.4. The Hall–Kier alpha value is -1.31. The van der Waals surface area contributed by atoms with Crippen molar-refractivity contribution in [2.24, 2.45) is 5.14 Å². The number of aliphatic hydroxyl groups excluding tert-OH is 1. The summed E-state index contributed by atoms with van der Waals surface area (Å²) >= 11 is 0. The molecule has 0 bridgehead atoms. The van der Waals surface area contributed by atoms with Gasteiger partial charge in [0.05, 0.1) is 22.9 Å². The van der Waals surface area contributed by atoms with Crippen molar-refractivity contribution in [1.29, 1.82) is 0 Å². The molecule has 1 aromatic rings. The number of benzene rings is 1. The van der Waals surface area contributed by atoms with Gasteiger partial charge in [-0.25, -0.2) is 13.6 Å². The minimum atomic E-state index is -3.75. The van der Waals surface area contributed by atoms with Crippen LogP contribution in [0.1, 0.15) is 13.8 Å². The highest BCUT2D eigenvalue weighted by molar-refractivity contribution is 7.89. The van der Waals surface area contributed by atoms with Gasteiger partial charge in [0.15, 0.2) is 0 Å². The quantitative estimate of drug-likeness (QED) is 0.660. The summed E-state index contributed by atoms with van der Waals surface area (Å²) in [6, 6.07) is 4.48. The van der Waals surface area contributed by atoms with Gasteiger partial charge in [-0.2, -0.15) is 0 Å². The third-order valence-corrected chi connectivity index (χ3v) is 3.51. The number of hydrogen-bond acceptors (Lipinski definition) is 5. The molecule has 0 atom stereocenters. The van der Waals surface area contributed by atoms with Crippen LogP contribution in [0, 0.1) is 0 Å². The van der Waals surface area contributed by atoms with Crippen molar-refractivity contribution in [3.8, 4) is 0 Å². The second-order valence-corrected chi connectivity index (χ2v) is 5.84. The van der Waals surface area contributed by atoms with Crippen molar-refractivity contribution in [2.45, 2.75) is 24.8 Å². The lowest BCUT2D eigenvalue weighted by Gasteiger charge is -2.29. The summed E-state index contributed by atoms with van der Waals surface area (Å²) in [4.78, 5) is 1.87. The molecule has 0 aliphatic rings. The van der Waals surface area contributed by atoms with Crippen LogP contribution in [0.15, 0.2) is 23.1 Å². The third kappa shape index (κ3) is 3.34. The lowest BCUT2D eigenvalue weighted by molar-refractivity contribution is 0.299. The van der Waals surface area contributed by atoms with Crippen molar-refractivity contribution in [3.05, 3.63) is 18.2 Å². The molecule has 7 heteroatoms. The first-order chi connectivity index (χ1) is 8.27. The molecule has 0 saturated heterocycles. The van der Waals surface area contributed by atoms with Crippen molar-refractivity contribution < 1.29 is 13.5 Å². The smallest absolute Gasteiger partial charge is 0.238 e. The zero-order chi connectivity index (χ0) is 13.9. The Morgan fingerprint density at radius 1 is 1.39 bits per heavy atom. The lowest BCUT2D eigenvalue weighted by atomic mass is 10.2. The van der Waals surface area contributed by atoms with E-state index in [0.717, 1.165) is 0 Å². The van der Waals surface area contributed by atoms with Crippen LogP contribution in [0.5, 0.6) is 0 Å². The fraction of sp³-hybridized carbons (Fsp3) is 0.455. The van der Waals surface area contributed by atoms with Gasteiger partial charge >= 0.3 is 0 Å². The molecule has 102 valence electrons. The molecule has 5 N–H and O–H groups in total. The molecular weight excluding hydrogens is 254 g/mol. The molecule has 0 aliphatic heterocycles. The molecule has 0 spiro atoms. The zero-order valence-electron chi connectivity index (χ0n) is 10.5. The molecule has 0 unspecified atom stereocenters. The van der Waals surface area contributed by atoms with Gasteiger partial charge in [0, 0.05) is 12.6 Å². The maximum Gasteiger partial charge on any atom is 0.238 e. The second-order valence-electron chi connectivity index (χ2n) is 4.28. The molecule has 0 amide bonds. The molecule has 0 aliphatic carbocycles. The maximum atomic E-state index is 11.2. The number of nitrogen functional groups attached to an aromatic ring is 1. The minimum Gasteiger partial charge on any atom is -0.397 e. The monoisotopic (exact) mass is 273 g/mol. The highest BCUT2D eigenvalue weighted by Gasteiger charge is 2.15. The van der Waals surface area contributed by atoms with E-state index in [0.29, 0.717) is 17.9 Å². The molecule has 6 nitrogen and oxygen atoms in total. The van der Waals surface area contributed by atoms with E-state index >= 15 is 0 Å². The van der Waals surface area contributed by atoms with Gasteiger partial charge in [-0.05, 0) is 32.0 Å². The number of primary sulfonamides is 1. The van der Waals surface area contributed by atoms with Crippen LogP contribution in [0.4, 0.5) is 11.4 Å². The van der Waals surface area contributed by atoms with Crippen LogP contribution in [-0.2, 0) is 10.0 Å². The van der Waals surface area contributed by atoms with E-state index in [2.05, 4.69) is 0 Å². The van der Waals surface area contributed by atoms with E-state index in [1.807, 2.05) is 18.7 Å². The highest BCUT2D eigenvalue weighted by Crippen LogP contribution is 2.27. The van der Waals surface area contributed by atoms with Gasteiger partial charge in [0.2, 0.25) is 10.0 Å². The molecule has 0 saturated carbocycles. The lowest BCUT2D eigenvalue weighted by Crippen LogP contribution is -2.34. The Morgan fingerprint density at radius 3 is 2.39 bits per heavy atom. The minimum absolute atomic E-state index is 0.00540. The predicted octanol–water partition coefficient (Wildman–Crippen LogP) is 0.123. The second kappa shape index (κ2) is 5.55. The third-order valence-electron chi connectivity index (χ3n) is 2.60. The summed E-state index contributed by atoms with van der Waals surface area (Å²) in [5.41, 5.74) is 6.85. The Kier molecular flexibility index (Phi) is 4.55. The van der Waals surface area contributed by atoms with Crippen LogP contribution in [0.25, 0.3) is 0 Å². The van der Waals surface area contributed by atoms with Crippen LogP contribution < -0.4 is 15.8 Å². The Bertz CT molecular complexity index is 514. The van der Waals surface area contributed by atoms with E-state index in [1.165, 1.54) is 12.1 Å². The Labute approximate surface area is 107 Å². The Balaban J connectivity index is 3.19. The first-order valence-corrected chi connectivity index (χ1v) is 7.12. The van der Waals surface area contributed by atoms with E-state index in [4.69, 9.17) is 16.0 Å². The van der Waals surface area contributed by atoms with Crippen molar-refractivity contribution in [2.75, 3.05) is 23.8 Å². The van der Waals surface area contributed by atoms with Gasteiger partial charge in [0.25, 0.3) is 0 Å². The van der Waals surface area contributed by atoms with E-state index in [9.17, 15) is 8.42 Å². The summed E-state index contributed by atoms with van der Waals surface area (Å²) in [5.74, 6) is 0.